The average molecular weight is 298 g/mol. The number of para-hydroxylation sites is 1. The number of nitrogen functional groups attached to an aromatic ring is 1. The molecule has 2 heterocycles. The highest BCUT2D eigenvalue weighted by Gasteiger charge is 2.11. The molecular formula is C15H14N4OS. The second-order valence-corrected chi connectivity index (χ2v) is 5.51. The number of nitrogens with one attached hydrogen (secondary N) is 2. The fourth-order valence-corrected chi connectivity index (χ4v) is 2.73. The number of benzene rings is 1. The van der Waals surface area contributed by atoms with E-state index < -0.39 is 0 Å². The van der Waals surface area contributed by atoms with E-state index in [2.05, 4.69) is 15.7 Å². The highest BCUT2D eigenvalue weighted by Crippen LogP contribution is 2.22. The SMILES string of the molecule is NNc1cc(C(=O)NCc2cccs2)nc2ccccc12. The number of nitrogens with zero attached hydrogens (tertiary/aromatic N) is 1. The van der Waals surface area contributed by atoms with Crippen molar-refractivity contribution in [1.82, 2.24) is 10.3 Å². The van der Waals surface area contributed by atoms with E-state index in [1.165, 1.54) is 0 Å². The number of hydrogen-bond donors (Lipinski definition) is 3. The van der Waals surface area contributed by atoms with Crippen molar-refractivity contribution in [2.24, 2.45) is 5.84 Å². The zero-order valence-electron chi connectivity index (χ0n) is 11.2. The number of aromatic nitrogens is 1. The predicted octanol–water partition coefficient (Wildman–Crippen LogP) is 2.51. The van der Waals surface area contributed by atoms with Crippen LogP contribution in [0, 0.1) is 0 Å². The van der Waals surface area contributed by atoms with E-state index in [-0.39, 0.29) is 5.91 Å². The molecule has 1 amide bonds. The second-order valence-electron chi connectivity index (χ2n) is 4.48. The summed E-state index contributed by atoms with van der Waals surface area (Å²) in [5.74, 6) is 5.31. The molecule has 0 aliphatic rings. The molecule has 21 heavy (non-hydrogen) atoms. The van der Waals surface area contributed by atoms with Gasteiger partial charge in [0.1, 0.15) is 5.69 Å². The molecule has 5 nitrogen and oxygen atoms in total. The Hall–Kier alpha value is -2.44. The summed E-state index contributed by atoms with van der Waals surface area (Å²) in [7, 11) is 0. The van der Waals surface area contributed by atoms with Gasteiger partial charge in [-0.3, -0.25) is 10.6 Å². The molecule has 0 aliphatic heterocycles. The summed E-state index contributed by atoms with van der Waals surface area (Å²) in [6.07, 6.45) is 0. The molecular weight excluding hydrogens is 284 g/mol. The average Bonchev–Trinajstić information content (AvgIpc) is 3.04. The maximum Gasteiger partial charge on any atom is 0.270 e. The first kappa shape index (κ1) is 13.5. The first-order valence-electron chi connectivity index (χ1n) is 6.45. The number of hydrazine groups is 1. The topological polar surface area (TPSA) is 80.0 Å². The van der Waals surface area contributed by atoms with Gasteiger partial charge in [0.15, 0.2) is 0 Å². The van der Waals surface area contributed by atoms with Gasteiger partial charge in [-0.1, -0.05) is 24.3 Å². The van der Waals surface area contributed by atoms with Crippen LogP contribution in [0.1, 0.15) is 15.4 Å². The van der Waals surface area contributed by atoms with E-state index in [0.717, 1.165) is 15.8 Å². The van der Waals surface area contributed by atoms with Crippen LogP contribution in [0.3, 0.4) is 0 Å². The van der Waals surface area contributed by atoms with Crippen LogP contribution < -0.4 is 16.6 Å². The Kier molecular flexibility index (Phi) is 3.81. The lowest BCUT2D eigenvalue weighted by Gasteiger charge is -2.09. The van der Waals surface area contributed by atoms with Gasteiger partial charge in [0, 0.05) is 10.3 Å². The first-order chi connectivity index (χ1) is 10.3. The number of anilines is 1. The number of rotatable bonds is 4. The maximum absolute atomic E-state index is 12.2. The molecule has 0 bridgehead atoms. The van der Waals surface area contributed by atoms with Crippen LogP contribution in [0.5, 0.6) is 0 Å². The van der Waals surface area contributed by atoms with Crippen molar-refractivity contribution in [2.75, 3.05) is 5.43 Å². The van der Waals surface area contributed by atoms with Crippen molar-refractivity contribution in [3.05, 3.63) is 58.4 Å². The largest absolute Gasteiger partial charge is 0.346 e. The number of hydrogen-bond acceptors (Lipinski definition) is 5. The lowest BCUT2D eigenvalue weighted by atomic mass is 10.1. The molecule has 3 rings (SSSR count). The Balaban J connectivity index is 1.87. The molecule has 2 aromatic heterocycles. The molecule has 0 aliphatic carbocycles. The number of nitrogens with two attached hydrogens (primary N) is 1. The van der Waals surface area contributed by atoms with Crippen molar-refractivity contribution >= 4 is 33.8 Å². The molecule has 0 saturated carbocycles. The van der Waals surface area contributed by atoms with Gasteiger partial charge in [-0.05, 0) is 23.6 Å². The van der Waals surface area contributed by atoms with Crippen molar-refractivity contribution < 1.29 is 4.79 Å². The lowest BCUT2D eigenvalue weighted by Crippen LogP contribution is -2.23. The molecule has 0 fully saturated rings. The van der Waals surface area contributed by atoms with Crippen molar-refractivity contribution in [3.8, 4) is 0 Å². The fourth-order valence-electron chi connectivity index (χ4n) is 2.08. The number of fused-ring (bicyclic) bond motifs is 1. The summed E-state index contributed by atoms with van der Waals surface area (Å²) < 4.78 is 0. The summed E-state index contributed by atoms with van der Waals surface area (Å²) in [5, 5.41) is 5.72. The molecule has 0 radical (unpaired) electrons. The van der Waals surface area contributed by atoms with E-state index in [0.29, 0.717) is 17.9 Å². The van der Waals surface area contributed by atoms with Gasteiger partial charge in [-0.15, -0.1) is 11.3 Å². The number of carbonyl (C=O) groups is 1. The third kappa shape index (κ3) is 2.86. The van der Waals surface area contributed by atoms with E-state index in [4.69, 9.17) is 5.84 Å². The van der Waals surface area contributed by atoms with Crippen LogP contribution in [0.25, 0.3) is 10.9 Å². The maximum atomic E-state index is 12.2. The van der Waals surface area contributed by atoms with Crippen molar-refractivity contribution in [2.45, 2.75) is 6.54 Å². The first-order valence-corrected chi connectivity index (χ1v) is 7.33. The molecule has 0 spiro atoms. The van der Waals surface area contributed by atoms with Gasteiger partial charge >= 0.3 is 0 Å². The molecule has 4 N–H and O–H groups in total. The van der Waals surface area contributed by atoms with Gasteiger partial charge in [0.25, 0.3) is 5.91 Å². The van der Waals surface area contributed by atoms with Crippen LogP contribution in [-0.4, -0.2) is 10.9 Å². The van der Waals surface area contributed by atoms with E-state index >= 15 is 0 Å². The third-order valence-corrected chi connectivity index (χ3v) is 3.98. The quantitative estimate of drug-likeness (QED) is 0.511. The lowest BCUT2D eigenvalue weighted by molar-refractivity contribution is 0.0946. The van der Waals surface area contributed by atoms with Crippen molar-refractivity contribution in [1.29, 1.82) is 0 Å². The van der Waals surface area contributed by atoms with E-state index in [1.54, 1.807) is 17.4 Å². The van der Waals surface area contributed by atoms with Crippen molar-refractivity contribution in [3.63, 3.8) is 0 Å². The molecule has 0 unspecified atom stereocenters. The van der Waals surface area contributed by atoms with E-state index in [1.807, 2.05) is 41.8 Å². The Morgan fingerprint density at radius 2 is 2.10 bits per heavy atom. The van der Waals surface area contributed by atoms with Gasteiger partial charge in [0.2, 0.25) is 0 Å². The summed E-state index contributed by atoms with van der Waals surface area (Å²) >= 11 is 1.60. The Bertz CT molecular complexity index is 770. The molecule has 3 aromatic rings. The Labute approximate surface area is 125 Å². The summed E-state index contributed by atoms with van der Waals surface area (Å²) in [6.45, 7) is 0.496. The molecule has 6 heteroatoms. The van der Waals surface area contributed by atoms with Gasteiger partial charge < -0.3 is 10.7 Å². The Morgan fingerprint density at radius 1 is 1.24 bits per heavy atom. The number of pyridine rings is 1. The van der Waals surface area contributed by atoms with Crippen LogP contribution in [0.2, 0.25) is 0 Å². The predicted molar refractivity (Wildman–Crippen MR) is 85.0 cm³/mol. The highest BCUT2D eigenvalue weighted by molar-refractivity contribution is 7.09. The van der Waals surface area contributed by atoms with Gasteiger partial charge in [0.05, 0.1) is 17.7 Å². The monoisotopic (exact) mass is 298 g/mol. The standard InChI is InChI=1S/C15H14N4OS/c16-19-13-8-14(18-12-6-2-1-5-11(12)13)15(20)17-9-10-4-3-7-21-10/h1-8H,9,16H2,(H,17,20)(H,18,19). The second kappa shape index (κ2) is 5.90. The smallest absolute Gasteiger partial charge is 0.270 e. The third-order valence-electron chi connectivity index (χ3n) is 3.11. The molecule has 1 aromatic carbocycles. The zero-order chi connectivity index (χ0) is 14.7. The molecule has 0 saturated heterocycles. The van der Waals surface area contributed by atoms with E-state index in [9.17, 15) is 4.79 Å². The number of carbonyl (C=O) groups excluding carboxylic acids is 1. The highest BCUT2D eigenvalue weighted by atomic mass is 32.1. The normalized spacial score (nSPS) is 10.5. The minimum absolute atomic E-state index is 0.217. The summed E-state index contributed by atoms with van der Waals surface area (Å²) in [5.41, 5.74) is 4.38. The van der Waals surface area contributed by atoms with Gasteiger partial charge in [-0.2, -0.15) is 0 Å². The van der Waals surface area contributed by atoms with Crippen LogP contribution in [-0.2, 0) is 6.54 Å². The summed E-state index contributed by atoms with van der Waals surface area (Å²) in [4.78, 5) is 17.7. The number of amides is 1. The summed E-state index contributed by atoms with van der Waals surface area (Å²) in [6, 6.07) is 13.1. The Morgan fingerprint density at radius 3 is 2.86 bits per heavy atom. The molecule has 0 atom stereocenters. The van der Waals surface area contributed by atoms with Crippen LogP contribution >= 0.6 is 11.3 Å². The minimum atomic E-state index is -0.217. The van der Waals surface area contributed by atoms with Crippen LogP contribution in [0.4, 0.5) is 5.69 Å². The number of thiophene rings is 1. The van der Waals surface area contributed by atoms with Crippen LogP contribution in [0.15, 0.2) is 47.8 Å². The molecule has 106 valence electrons. The zero-order valence-corrected chi connectivity index (χ0v) is 12.0. The van der Waals surface area contributed by atoms with Gasteiger partial charge in [-0.25, -0.2) is 4.98 Å². The fraction of sp³-hybridized carbons (Fsp3) is 0.0667. The minimum Gasteiger partial charge on any atom is -0.346 e.